The monoisotopic (exact) mass is 787 g/mol. The number of nitrogens with one attached hydrogen (secondary N) is 2. The zero-order chi connectivity index (χ0) is 40.2. The number of amides is 6. The highest BCUT2D eigenvalue weighted by Crippen LogP contribution is 2.36. The Labute approximate surface area is 337 Å². The van der Waals surface area contributed by atoms with Gasteiger partial charge in [-0.3, -0.25) is 29.0 Å². The zero-order valence-electron chi connectivity index (χ0n) is 32.7. The number of urea groups is 1. The number of fused-ring (bicyclic) bond motifs is 1. The van der Waals surface area contributed by atoms with Gasteiger partial charge in [0.2, 0.25) is 5.91 Å². The molecule has 6 amide bonds. The molecule has 16 heteroatoms. The van der Waals surface area contributed by atoms with E-state index in [1.54, 1.807) is 23.2 Å². The minimum absolute atomic E-state index is 0.0609. The van der Waals surface area contributed by atoms with E-state index < -0.39 is 23.8 Å². The summed E-state index contributed by atoms with van der Waals surface area (Å²) >= 11 is 0. The lowest BCUT2D eigenvalue weighted by Gasteiger charge is -2.48. The van der Waals surface area contributed by atoms with Crippen LogP contribution in [0.4, 0.5) is 27.8 Å². The number of benzene rings is 2. The molecule has 0 saturated carbocycles. The molecule has 5 saturated heterocycles. The topological polar surface area (TPSA) is 181 Å². The van der Waals surface area contributed by atoms with Gasteiger partial charge in [0, 0.05) is 69.4 Å². The number of carbonyl (C=O) groups excluding carboxylic acids is 5. The molecule has 7 heterocycles. The maximum Gasteiger partial charge on any atom is 0.320 e. The zero-order valence-corrected chi connectivity index (χ0v) is 32.7. The Bertz CT molecular complexity index is 2180. The van der Waals surface area contributed by atoms with Crippen molar-refractivity contribution in [2.75, 3.05) is 74.5 Å². The normalized spacial score (nSPS) is 23.4. The quantitative estimate of drug-likeness (QED) is 0.271. The van der Waals surface area contributed by atoms with Gasteiger partial charge in [-0.15, -0.1) is 0 Å². The molecule has 3 aromatic rings. The number of allylic oxidation sites excluding steroid dienone is 1. The Kier molecular flexibility index (Phi) is 9.74. The lowest BCUT2D eigenvalue weighted by atomic mass is 9.88. The number of imide groups is 1. The summed E-state index contributed by atoms with van der Waals surface area (Å²) in [5.74, 6) is -0.486. The number of piperidine rings is 3. The molecule has 0 radical (unpaired) electrons. The average molecular weight is 788 g/mol. The van der Waals surface area contributed by atoms with Gasteiger partial charge in [0.15, 0.2) is 11.5 Å². The van der Waals surface area contributed by atoms with Crippen molar-refractivity contribution in [3.8, 4) is 0 Å². The molecule has 1 unspecified atom stereocenters. The molecule has 302 valence electrons. The van der Waals surface area contributed by atoms with Crippen LogP contribution < -0.4 is 26.2 Å². The molecule has 6 aliphatic heterocycles. The highest BCUT2D eigenvalue weighted by atomic mass is 16.2. The predicted octanol–water partition coefficient (Wildman–Crippen LogP) is 3.11. The van der Waals surface area contributed by atoms with Crippen LogP contribution in [-0.2, 0) is 4.79 Å². The summed E-state index contributed by atoms with van der Waals surface area (Å²) in [6.07, 6.45) is 6.42. The van der Waals surface area contributed by atoms with Gasteiger partial charge in [-0.05, 0) is 93.4 Å². The number of anilines is 4. The number of hydrogen-bond acceptors (Lipinski definition) is 11. The van der Waals surface area contributed by atoms with Gasteiger partial charge in [-0.25, -0.2) is 14.8 Å². The summed E-state index contributed by atoms with van der Waals surface area (Å²) in [6.45, 7) is 10.3. The van der Waals surface area contributed by atoms with Crippen LogP contribution in [0.25, 0.3) is 0 Å². The van der Waals surface area contributed by atoms with Gasteiger partial charge >= 0.3 is 6.03 Å². The van der Waals surface area contributed by atoms with Gasteiger partial charge in [-0.1, -0.05) is 18.7 Å². The smallest absolute Gasteiger partial charge is 0.320 e. The lowest BCUT2D eigenvalue weighted by Crippen LogP contribution is -2.60. The number of nitrogens with zero attached hydrogens (tertiary/aromatic N) is 8. The number of aromatic nitrogens is 2. The fourth-order valence-corrected chi connectivity index (χ4v) is 9.43. The van der Waals surface area contributed by atoms with E-state index in [2.05, 4.69) is 49.0 Å². The molecule has 2 atom stereocenters. The Balaban J connectivity index is 0.782. The first-order valence-electron chi connectivity index (χ1n) is 20.3. The predicted molar refractivity (Wildman–Crippen MR) is 217 cm³/mol. The molecular formula is C42H49N11O5. The lowest BCUT2D eigenvalue weighted by molar-refractivity contribution is -0.125. The SMILES string of the molecule is C=C1CCC(N2C(=O)c3ccc(N4CC(N5CCC(c6ccc(Nc7nc(N8CCC[C@@H](N9CCN(C)C9=O)C8)cnc7C(N)=O)cc6)CC5)C4)cc3C2=O)C(=O)N1. The third kappa shape index (κ3) is 6.88. The van der Waals surface area contributed by atoms with Crippen molar-refractivity contribution < 1.29 is 24.0 Å². The number of hydrogen-bond donors (Lipinski definition) is 3. The first-order valence-corrected chi connectivity index (χ1v) is 20.3. The molecule has 0 spiro atoms. The van der Waals surface area contributed by atoms with Crippen LogP contribution in [0.15, 0.2) is 60.9 Å². The molecule has 9 rings (SSSR count). The van der Waals surface area contributed by atoms with Gasteiger partial charge in [0.25, 0.3) is 17.7 Å². The third-order valence-corrected chi connectivity index (χ3v) is 12.9. The standard InChI is InChI=1S/C42H49N11O5/c1-25-5-12-34(39(55)45-25)53-40(56)32-11-10-29(20-33(32)41(53)57)51-23-31(24-51)49-16-13-27(14-17-49)26-6-8-28(9-7-26)46-38-36(37(43)54)44-21-35(47-38)50-15-3-4-30(22-50)52-19-18-48(2)42(52)58/h6-11,20-21,27,30-31,34H,1,3-5,12-19,22-24H2,2H3,(H2,43,54)(H,45,55)(H,46,47)/t30-,34?/m1/s1. The van der Waals surface area contributed by atoms with Gasteiger partial charge in [-0.2, -0.15) is 0 Å². The van der Waals surface area contributed by atoms with Crippen LogP contribution in [0.1, 0.15) is 81.2 Å². The van der Waals surface area contributed by atoms with Crippen molar-refractivity contribution in [1.29, 1.82) is 0 Å². The number of nitrogens with two attached hydrogens (primary N) is 1. The number of primary amides is 1. The van der Waals surface area contributed by atoms with E-state index >= 15 is 0 Å². The highest BCUT2D eigenvalue weighted by Gasteiger charge is 2.45. The van der Waals surface area contributed by atoms with Crippen LogP contribution in [0, 0.1) is 0 Å². The summed E-state index contributed by atoms with van der Waals surface area (Å²) in [5, 5.41) is 5.98. The van der Waals surface area contributed by atoms with Crippen LogP contribution >= 0.6 is 0 Å². The van der Waals surface area contributed by atoms with Crippen molar-refractivity contribution >= 4 is 52.7 Å². The maximum atomic E-state index is 13.4. The molecule has 5 fully saturated rings. The first-order chi connectivity index (χ1) is 28.0. The molecule has 0 bridgehead atoms. The molecule has 2 aromatic carbocycles. The Morgan fingerprint density at radius 2 is 1.60 bits per heavy atom. The number of likely N-dealkylation sites (tertiary alicyclic amines) is 1. The Hall–Kier alpha value is -6.03. The van der Waals surface area contributed by atoms with E-state index in [0.29, 0.717) is 59.8 Å². The van der Waals surface area contributed by atoms with Crippen LogP contribution in [0.3, 0.4) is 0 Å². The van der Waals surface area contributed by atoms with Crippen LogP contribution in [0.5, 0.6) is 0 Å². The van der Waals surface area contributed by atoms with E-state index in [4.69, 9.17) is 10.7 Å². The van der Waals surface area contributed by atoms with Crippen molar-refractivity contribution in [2.24, 2.45) is 5.73 Å². The number of rotatable bonds is 9. The molecule has 6 aliphatic rings. The minimum Gasteiger partial charge on any atom is -0.368 e. The van der Waals surface area contributed by atoms with E-state index in [1.165, 1.54) is 5.56 Å². The van der Waals surface area contributed by atoms with Crippen molar-refractivity contribution in [2.45, 2.75) is 62.6 Å². The van der Waals surface area contributed by atoms with Gasteiger partial charge < -0.3 is 36.0 Å². The van der Waals surface area contributed by atoms with Crippen LogP contribution in [0.2, 0.25) is 0 Å². The summed E-state index contributed by atoms with van der Waals surface area (Å²) in [5.41, 5.74) is 10.0. The third-order valence-electron chi connectivity index (χ3n) is 12.9. The van der Waals surface area contributed by atoms with Gasteiger partial charge in [0.05, 0.1) is 23.4 Å². The minimum atomic E-state index is -0.821. The molecule has 16 nitrogen and oxygen atoms in total. The summed E-state index contributed by atoms with van der Waals surface area (Å²) in [4.78, 5) is 85.1. The molecule has 58 heavy (non-hydrogen) atoms. The van der Waals surface area contributed by atoms with Crippen molar-refractivity contribution in [3.05, 3.63) is 83.3 Å². The molecule has 1 aromatic heterocycles. The van der Waals surface area contributed by atoms with E-state index in [-0.39, 0.29) is 23.7 Å². The largest absolute Gasteiger partial charge is 0.368 e. The second kappa shape index (κ2) is 15.0. The Morgan fingerprint density at radius 1 is 0.862 bits per heavy atom. The number of carbonyl (C=O) groups is 5. The second-order valence-electron chi connectivity index (χ2n) is 16.4. The summed E-state index contributed by atoms with van der Waals surface area (Å²) in [7, 11) is 1.83. The molecule has 4 N–H and O–H groups in total. The summed E-state index contributed by atoms with van der Waals surface area (Å²) in [6, 6.07) is 13.4. The number of likely N-dealkylation sites (N-methyl/N-ethyl adjacent to an activating group) is 1. The van der Waals surface area contributed by atoms with Crippen molar-refractivity contribution in [1.82, 2.24) is 34.9 Å². The van der Waals surface area contributed by atoms with E-state index in [9.17, 15) is 24.0 Å². The second-order valence-corrected chi connectivity index (χ2v) is 16.4. The van der Waals surface area contributed by atoms with E-state index in [1.807, 2.05) is 30.1 Å². The van der Waals surface area contributed by atoms with Crippen LogP contribution in [-0.4, -0.2) is 137 Å². The fourth-order valence-electron chi connectivity index (χ4n) is 9.43. The average Bonchev–Trinajstić information content (AvgIpc) is 3.67. The Morgan fingerprint density at radius 3 is 2.31 bits per heavy atom. The highest BCUT2D eigenvalue weighted by molar-refractivity contribution is 6.23. The van der Waals surface area contributed by atoms with E-state index in [0.717, 1.165) is 87.8 Å². The van der Waals surface area contributed by atoms with Crippen molar-refractivity contribution in [3.63, 3.8) is 0 Å². The maximum absolute atomic E-state index is 13.4. The summed E-state index contributed by atoms with van der Waals surface area (Å²) < 4.78 is 0. The fraction of sp³-hybridized carbons (Fsp3) is 0.452. The van der Waals surface area contributed by atoms with Gasteiger partial charge in [0.1, 0.15) is 11.9 Å². The molecular weight excluding hydrogens is 739 g/mol. The first kappa shape index (κ1) is 37.5. The molecule has 0 aliphatic carbocycles.